The topological polar surface area (TPSA) is 93.2 Å². The molecule has 0 aliphatic carbocycles. The minimum absolute atomic E-state index is 0.0794. The summed E-state index contributed by atoms with van der Waals surface area (Å²) in [6.45, 7) is 3.53. The Morgan fingerprint density at radius 1 is 0.900 bits per heavy atom. The van der Waals surface area contributed by atoms with Crippen LogP contribution >= 0.6 is 0 Å². The molecule has 0 aliphatic rings. The molecule has 8 heteroatoms. The minimum Gasteiger partial charge on any atom is -0.493 e. The Morgan fingerprint density at radius 2 is 1.53 bits per heavy atom. The highest BCUT2D eigenvalue weighted by molar-refractivity contribution is 5.94. The summed E-state index contributed by atoms with van der Waals surface area (Å²) in [6.07, 6.45) is 0. The van der Waals surface area contributed by atoms with Crippen LogP contribution in [0.15, 0.2) is 41.4 Å². The van der Waals surface area contributed by atoms with Gasteiger partial charge in [-0.25, -0.2) is 0 Å². The van der Waals surface area contributed by atoms with Gasteiger partial charge in [-0.2, -0.15) is 0 Å². The van der Waals surface area contributed by atoms with Crippen molar-refractivity contribution in [1.82, 2.24) is 16.0 Å². The molecular weight excluding hydrogens is 384 g/mol. The van der Waals surface area contributed by atoms with Gasteiger partial charge in [0.15, 0.2) is 17.5 Å². The number of nitrogens with one attached hydrogen (secondary N) is 3. The summed E-state index contributed by atoms with van der Waals surface area (Å²) in [7, 11) is 6.45. The predicted octanol–water partition coefficient (Wildman–Crippen LogP) is 2.33. The second kappa shape index (κ2) is 11.5. The van der Waals surface area contributed by atoms with Crippen molar-refractivity contribution >= 4 is 11.9 Å². The van der Waals surface area contributed by atoms with Crippen LogP contribution in [0.5, 0.6) is 17.2 Å². The van der Waals surface area contributed by atoms with Crippen LogP contribution in [0.3, 0.4) is 0 Å². The zero-order valence-electron chi connectivity index (χ0n) is 18.2. The first kappa shape index (κ1) is 22.9. The zero-order valence-corrected chi connectivity index (χ0v) is 18.2. The summed E-state index contributed by atoms with van der Waals surface area (Å²) < 4.78 is 16.1. The molecule has 0 fully saturated rings. The molecule has 0 unspecified atom stereocenters. The van der Waals surface area contributed by atoms with Crippen LogP contribution in [-0.4, -0.2) is 46.8 Å². The smallest absolute Gasteiger partial charge is 0.251 e. The Morgan fingerprint density at radius 3 is 2.07 bits per heavy atom. The lowest BCUT2D eigenvalue weighted by molar-refractivity contribution is 0.0955. The number of benzene rings is 2. The maximum atomic E-state index is 12.0. The van der Waals surface area contributed by atoms with E-state index in [1.807, 2.05) is 37.3 Å². The maximum Gasteiger partial charge on any atom is 0.251 e. The molecule has 0 aromatic heterocycles. The van der Waals surface area contributed by atoms with Gasteiger partial charge in [0, 0.05) is 32.2 Å². The van der Waals surface area contributed by atoms with E-state index in [0.717, 1.165) is 11.1 Å². The van der Waals surface area contributed by atoms with Crippen molar-refractivity contribution < 1.29 is 19.0 Å². The monoisotopic (exact) mass is 414 g/mol. The highest BCUT2D eigenvalue weighted by Gasteiger charge is 2.13. The first-order valence-electron chi connectivity index (χ1n) is 9.66. The van der Waals surface area contributed by atoms with Crippen molar-refractivity contribution in [3.8, 4) is 17.2 Å². The van der Waals surface area contributed by atoms with Crippen LogP contribution in [0.2, 0.25) is 0 Å². The van der Waals surface area contributed by atoms with Crippen molar-refractivity contribution in [2.45, 2.75) is 20.0 Å². The summed E-state index contributed by atoms with van der Waals surface area (Å²) in [6, 6.07) is 11.3. The molecular formula is C22H30N4O4. The Bertz CT molecular complexity index is 858. The molecule has 2 aromatic carbocycles. The fourth-order valence-electron chi connectivity index (χ4n) is 2.91. The number of amides is 1. The SMILES string of the molecule is CCNC(=O)c1cccc(CNC(=NC)NCc2cc(OC)c(OC)c(OC)c2)c1. The number of ether oxygens (including phenoxy) is 3. The molecule has 0 bridgehead atoms. The van der Waals surface area contributed by atoms with Gasteiger partial charge in [0.05, 0.1) is 21.3 Å². The van der Waals surface area contributed by atoms with Gasteiger partial charge >= 0.3 is 0 Å². The third kappa shape index (κ3) is 6.04. The summed E-state index contributed by atoms with van der Waals surface area (Å²) in [4.78, 5) is 16.3. The van der Waals surface area contributed by atoms with Crippen molar-refractivity contribution in [2.24, 2.45) is 4.99 Å². The van der Waals surface area contributed by atoms with E-state index in [4.69, 9.17) is 14.2 Å². The lowest BCUT2D eigenvalue weighted by Gasteiger charge is -2.16. The molecule has 0 radical (unpaired) electrons. The molecule has 1 amide bonds. The van der Waals surface area contributed by atoms with Gasteiger partial charge in [-0.05, 0) is 42.3 Å². The molecule has 30 heavy (non-hydrogen) atoms. The third-order valence-corrected chi connectivity index (χ3v) is 4.39. The number of guanidine groups is 1. The van der Waals surface area contributed by atoms with Gasteiger partial charge in [0.2, 0.25) is 5.75 Å². The molecule has 0 heterocycles. The second-order valence-corrected chi connectivity index (χ2v) is 6.37. The van der Waals surface area contributed by atoms with E-state index in [-0.39, 0.29) is 5.91 Å². The van der Waals surface area contributed by atoms with E-state index in [1.54, 1.807) is 34.4 Å². The quantitative estimate of drug-likeness (QED) is 0.431. The van der Waals surface area contributed by atoms with E-state index in [0.29, 0.717) is 48.4 Å². The van der Waals surface area contributed by atoms with Crippen molar-refractivity contribution in [2.75, 3.05) is 34.9 Å². The van der Waals surface area contributed by atoms with Crippen molar-refractivity contribution in [3.05, 3.63) is 53.1 Å². The molecule has 8 nitrogen and oxygen atoms in total. The van der Waals surface area contributed by atoms with Gasteiger partial charge in [-0.3, -0.25) is 9.79 Å². The zero-order chi connectivity index (χ0) is 21.9. The van der Waals surface area contributed by atoms with Crippen LogP contribution in [0.1, 0.15) is 28.4 Å². The Balaban J connectivity index is 2.01. The third-order valence-electron chi connectivity index (χ3n) is 4.39. The molecule has 2 aromatic rings. The lowest BCUT2D eigenvalue weighted by Crippen LogP contribution is -2.36. The molecule has 0 saturated heterocycles. The molecule has 0 atom stereocenters. The first-order chi connectivity index (χ1) is 14.6. The summed E-state index contributed by atoms with van der Waals surface area (Å²) in [5, 5.41) is 9.32. The second-order valence-electron chi connectivity index (χ2n) is 6.37. The highest BCUT2D eigenvalue weighted by Crippen LogP contribution is 2.38. The number of methoxy groups -OCH3 is 3. The van der Waals surface area contributed by atoms with Gasteiger partial charge in [0.25, 0.3) is 5.91 Å². The van der Waals surface area contributed by atoms with E-state index >= 15 is 0 Å². The normalized spacial score (nSPS) is 10.9. The molecule has 3 N–H and O–H groups in total. The molecule has 0 aliphatic heterocycles. The Kier molecular flexibility index (Phi) is 8.80. The average Bonchev–Trinajstić information content (AvgIpc) is 2.78. The summed E-state index contributed by atoms with van der Waals surface area (Å²) in [5.41, 5.74) is 2.57. The largest absolute Gasteiger partial charge is 0.493 e. The number of carbonyl (C=O) groups excluding carboxylic acids is 1. The van der Waals surface area contributed by atoms with Crippen LogP contribution in [0.25, 0.3) is 0 Å². The Hall–Kier alpha value is -3.42. The number of nitrogens with zero attached hydrogens (tertiary/aromatic N) is 1. The van der Waals surface area contributed by atoms with Crippen LogP contribution in [0, 0.1) is 0 Å². The highest BCUT2D eigenvalue weighted by atomic mass is 16.5. The van der Waals surface area contributed by atoms with Gasteiger partial charge in [-0.1, -0.05) is 12.1 Å². The molecule has 0 spiro atoms. The molecule has 0 saturated carbocycles. The van der Waals surface area contributed by atoms with Gasteiger partial charge in [0.1, 0.15) is 0 Å². The van der Waals surface area contributed by atoms with Crippen LogP contribution < -0.4 is 30.2 Å². The fourth-order valence-corrected chi connectivity index (χ4v) is 2.91. The van der Waals surface area contributed by atoms with Gasteiger partial charge < -0.3 is 30.2 Å². The lowest BCUT2D eigenvalue weighted by atomic mass is 10.1. The number of rotatable bonds is 9. The number of carbonyl (C=O) groups is 1. The van der Waals surface area contributed by atoms with E-state index < -0.39 is 0 Å². The molecule has 162 valence electrons. The van der Waals surface area contributed by atoms with E-state index in [9.17, 15) is 4.79 Å². The number of aliphatic imine (C=N–C) groups is 1. The summed E-state index contributed by atoms with van der Waals surface area (Å²) >= 11 is 0. The van der Waals surface area contributed by atoms with E-state index in [2.05, 4.69) is 20.9 Å². The van der Waals surface area contributed by atoms with Crippen molar-refractivity contribution in [3.63, 3.8) is 0 Å². The average molecular weight is 415 g/mol. The molecule has 2 rings (SSSR count). The fraction of sp³-hybridized carbons (Fsp3) is 0.364. The summed E-state index contributed by atoms with van der Waals surface area (Å²) in [5.74, 6) is 2.30. The first-order valence-corrected chi connectivity index (χ1v) is 9.66. The number of hydrogen-bond donors (Lipinski definition) is 3. The van der Waals surface area contributed by atoms with Crippen LogP contribution in [0.4, 0.5) is 0 Å². The van der Waals surface area contributed by atoms with E-state index in [1.165, 1.54) is 0 Å². The number of hydrogen-bond acceptors (Lipinski definition) is 5. The van der Waals surface area contributed by atoms with Gasteiger partial charge in [-0.15, -0.1) is 0 Å². The standard InChI is InChI=1S/C22H30N4O4/c1-6-24-21(27)17-9-7-8-15(10-17)13-25-22(23-2)26-14-16-11-18(28-3)20(30-5)19(12-16)29-4/h7-12H,6,13-14H2,1-5H3,(H,24,27)(H2,23,25,26). The van der Waals surface area contributed by atoms with Crippen molar-refractivity contribution in [1.29, 1.82) is 0 Å². The minimum atomic E-state index is -0.0794. The predicted molar refractivity (Wildman–Crippen MR) is 118 cm³/mol. The Labute approximate surface area is 177 Å². The van der Waals surface area contributed by atoms with Crippen LogP contribution in [-0.2, 0) is 13.1 Å². The maximum absolute atomic E-state index is 12.0.